The van der Waals surface area contributed by atoms with Crippen LogP contribution in [0.4, 0.5) is 0 Å². The fraction of sp³-hybridized carbons (Fsp3) is 0.894. The van der Waals surface area contributed by atoms with Crippen molar-refractivity contribution in [3.8, 4) is 0 Å². The summed E-state index contributed by atoms with van der Waals surface area (Å²) in [5.74, 6) is -3.35. The molecule has 0 aromatic carbocycles. The molecule has 0 spiro atoms. The minimum absolute atomic E-state index is 0.00748. The Hall–Kier alpha value is -2.21. The molecule has 3 saturated heterocycles. The van der Waals surface area contributed by atoms with E-state index >= 15 is 0 Å². The first kappa shape index (κ1) is 50.2. The second-order valence-corrected chi connectivity index (χ2v) is 23.0. The summed E-state index contributed by atoms with van der Waals surface area (Å²) in [6.45, 7) is 15.3. The minimum Gasteiger partial charge on any atom is -0.481 e. The summed E-state index contributed by atoms with van der Waals surface area (Å²) in [5, 5.41) is 107. The zero-order valence-corrected chi connectivity index (χ0v) is 39.1. The van der Waals surface area contributed by atoms with Gasteiger partial charge in [0.05, 0.1) is 30.3 Å². The quantitative estimate of drug-likeness (QED) is 0.149. The van der Waals surface area contributed by atoms with E-state index in [9.17, 15) is 65.4 Å². The third-order valence-electron chi connectivity index (χ3n) is 19.0. The van der Waals surface area contributed by atoms with E-state index in [0.29, 0.717) is 32.1 Å². The van der Waals surface area contributed by atoms with Gasteiger partial charge in [0, 0.05) is 5.92 Å². The van der Waals surface area contributed by atoms with Crippen molar-refractivity contribution in [3.63, 3.8) is 0 Å². The molecule has 19 nitrogen and oxygen atoms in total. The van der Waals surface area contributed by atoms with E-state index in [1.165, 1.54) is 6.92 Å². The van der Waals surface area contributed by atoms with Crippen molar-refractivity contribution in [1.82, 2.24) is 0 Å². The Bertz CT molecular complexity index is 1930. The average molecular weight is 941 g/mol. The van der Waals surface area contributed by atoms with Gasteiger partial charge in [0.1, 0.15) is 54.9 Å². The lowest BCUT2D eigenvalue weighted by atomic mass is 9.33. The average Bonchev–Trinajstić information content (AvgIpc) is 3.23. The number of aliphatic carboxylic acids is 2. The van der Waals surface area contributed by atoms with Gasteiger partial charge < -0.3 is 79.5 Å². The summed E-state index contributed by atoms with van der Waals surface area (Å²) in [7, 11) is 0. The fourth-order valence-electron chi connectivity index (χ4n) is 14.6. The molecule has 0 aromatic heterocycles. The topological polar surface area (TPSA) is 309 Å². The van der Waals surface area contributed by atoms with E-state index in [-0.39, 0.29) is 29.5 Å². The normalized spacial score (nSPS) is 54.8. The zero-order valence-electron chi connectivity index (χ0n) is 39.1. The molecule has 7 fully saturated rings. The van der Waals surface area contributed by atoms with Gasteiger partial charge in [0.25, 0.3) is 0 Å². The first-order valence-electron chi connectivity index (χ1n) is 23.6. The molecule has 0 radical (unpaired) electrons. The summed E-state index contributed by atoms with van der Waals surface area (Å²) < 4.78 is 35.9. The number of fused-ring (bicyclic) bond motifs is 7. The number of carbonyl (C=O) groups excluding carboxylic acids is 1. The van der Waals surface area contributed by atoms with Crippen LogP contribution in [-0.4, -0.2) is 174 Å². The lowest BCUT2D eigenvalue weighted by Gasteiger charge is -2.70. The second kappa shape index (κ2) is 17.0. The molecule has 8 aliphatic rings. The number of hydrogen-bond donors (Lipinski definition) is 10. The molecule has 0 aromatic rings. The van der Waals surface area contributed by atoms with Crippen LogP contribution in [0, 0.1) is 50.2 Å². The van der Waals surface area contributed by atoms with E-state index in [4.69, 9.17) is 28.4 Å². The monoisotopic (exact) mass is 940 g/mol. The number of rotatable bonds is 8. The number of ether oxygens (including phenoxy) is 6. The minimum atomic E-state index is -2.03. The van der Waals surface area contributed by atoms with Crippen molar-refractivity contribution in [2.24, 2.45) is 50.2 Å². The number of carboxylic acid groups (broad SMARTS) is 2. The summed E-state index contributed by atoms with van der Waals surface area (Å²) in [5.41, 5.74) is -2.92. The number of aliphatic hydroxyl groups is 8. The van der Waals surface area contributed by atoms with E-state index in [1.54, 1.807) is 6.92 Å². The highest BCUT2D eigenvalue weighted by Crippen LogP contribution is 2.75. The third-order valence-corrected chi connectivity index (χ3v) is 19.0. The molecule has 3 heterocycles. The number of ketones is 1. The SMILES string of the molecule is C[C@@H]1O[C@@H](O[C@H]2[C@H](O[C@H]3[C@H](O[C@H]4CC[C@]5(C)[C@H]6C(=O)C=C7[C@@H]8C[C@@](C)(C(=O)O)[C@H](O)C[C@]8(C)CC[C@@]7(C)[C@]6(C)CC[C@H]5C4(C)C)O[C@H](C(=O)O)[C@@H](O)[C@@H]3O)OC[C@@H](O)[C@@H]2O)[C@H](O)[C@H](O)[C@H]1O. The van der Waals surface area contributed by atoms with Crippen molar-refractivity contribution in [1.29, 1.82) is 0 Å². The Labute approximate surface area is 384 Å². The smallest absolute Gasteiger partial charge is 0.335 e. The molecule has 0 amide bonds. The van der Waals surface area contributed by atoms with Crippen molar-refractivity contribution in [3.05, 3.63) is 11.6 Å². The summed E-state index contributed by atoms with van der Waals surface area (Å²) >= 11 is 0. The second-order valence-electron chi connectivity index (χ2n) is 23.0. The Morgan fingerprint density at radius 3 is 2.00 bits per heavy atom. The van der Waals surface area contributed by atoms with Crippen molar-refractivity contribution < 1.29 is 93.9 Å². The maximum absolute atomic E-state index is 15.0. The van der Waals surface area contributed by atoms with E-state index < -0.39 is 150 Å². The van der Waals surface area contributed by atoms with Crippen LogP contribution < -0.4 is 0 Å². The first-order chi connectivity index (χ1) is 30.6. The van der Waals surface area contributed by atoms with Gasteiger partial charge in [-0.25, -0.2) is 4.79 Å². The summed E-state index contributed by atoms with van der Waals surface area (Å²) in [6, 6.07) is 0. The Morgan fingerprint density at radius 2 is 1.35 bits per heavy atom. The molecular weight excluding hydrogens is 868 g/mol. The molecule has 5 aliphatic carbocycles. The first-order valence-corrected chi connectivity index (χ1v) is 23.6. The maximum Gasteiger partial charge on any atom is 0.335 e. The number of aliphatic hydroxyl groups excluding tert-OH is 8. The standard InChI is InChI=1S/C47H72O19/c1-19-27(51)29(53)32(56)38(62-19)65-34-28(52)23(49)18-61-39(34)66-35-31(55)30(54)33(37(57)58)64-40(35)63-26-10-11-44(5)24(42(26,2)3)9-12-47(8)36(44)22(48)15-20-21-16-45(6,41(59)60)25(50)17-43(21,4)13-14-46(20,47)7/h15,19,21,23-36,38-40,49-56H,9-14,16-18H2,1-8H3,(H,57,58)(H,59,60)/t19-,21-,23+,24-,25+,26-,27-,28-,29+,30-,31-,32+,33-,34+,35+,36+,38-,39-,40+,43-,44-,45+,46+,47+/m0/s1. The van der Waals surface area contributed by atoms with Gasteiger partial charge in [-0.2, -0.15) is 0 Å². The predicted molar refractivity (Wildman–Crippen MR) is 225 cm³/mol. The zero-order chi connectivity index (χ0) is 48.6. The van der Waals surface area contributed by atoms with Crippen molar-refractivity contribution in [2.75, 3.05) is 6.61 Å². The molecule has 3 aliphatic heterocycles. The Kier molecular flexibility index (Phi) is 12.9. The molecule has 0 bridgehead atoms. The van der Waals surface area contributed by atoms with Crippen molar-refractivity contribution in [2.45, 2.75) is 205 Å². The summed E-state index contributed by atoms with van der Waals surface area (Å²) in [6.07, 6.45) is -19.2. The Morgan fingerprint density at radius 1 is 0.697 bits per heavy atom. The van der Waals surface area contributed by atoms with Gasteiger partial charge in [0.15, 0.2) is 30.8 Å². The largest absolute Gasteiger partial charge is 0.481 e. The highest BCUT2D eigenvalue weighted by molar-refractivity contribution is 5.95. The van der Waals surface area contributed by atoms with Crippen LogP contribution in [0.5, 0.6) is 0 Å². The van der Waals surface area contributed by atoms with Crippen LogP contribution in [-0.2, 0) is 42.8 Å². The highest BCUT2D eigenvalue weighted by atomic mass is 16.8. The van der Waals surface area contributed by atoms with Crippen LogP contribution in [0.3, 0.4) is 0 Å². The third kappa shape index (κ3) is 7.47. The van der Waals surface area contributed by atoms with Crippen LogP contribution in [0.2, 0.25) is 0 Å². The van der Waals surface area contributed by atoms with Gasteiger partial charge in [-0.3, -0.25) is 9.59 Å². The van der Waals surface area contributed by atoms with Crippen molar-refractivity contribution >= 4 is 17.7 Å². The lowest BCUT2D eigenvalue weighted by Crippen LogP contribution is -2.68. The van der Waals surface area contributed by atoms with Gasteiger partial charge in [-0.15, -0.1) is 0 Å². The number of carboxylic acids is 2. The van der Waals surface area contributed by atoms with Gasteiger partial charge in [-0.1, -0.05) is 47.1 Å². The van der Waals surface area contributed by atoms with Gasteiger partial charge in [0.2, 0.25) is 0 Å². The van der Waals surface area contributed by atoms with Crippen LogP contribution in [0.25, 0.3) is 0 Å². The molecule has 4 saturated carbocycles. The molecule has 0 unspecified atom stereocenters. The van der Waals surface area contributed by atoms with E-state index in [0.717, 1.165) is 18.4 Å². The Balaban J connectivity index is 1.06. The molecule has 10 N–H and O–H groups in total. The van der Waals surface area contributed by atoms with E-state index in [2.05, 4.69) is 27.7 Å². The molecule has 374 valence electrons. The number of allylic oxidation sites excluding steroid dienone is 2. The molecule has 24 atom stereocenters. The lowest BCUT2D eigenvalue weighted by molar-refractivity contribution is -0.386. The molecular formula is C47H72O19. The van der Waals surface area contributed by atoms with Gasteiger partial charge >= 0.3 is 11.9 Å². The summed E-state index contributed by atoms with van der Waals surface area (Å²) in [4.78, 5) is 40.0. The molecule has 8 rings (SSSR count). The molecule has 19 heteroatoms. The number of hydrogen-bond acceptors (Lipinski definition) is 17. The highest BCUT2D eigenvalue weighted by Gasteiger charge is 2.71. The fourth-order valence-corrected chi connectivity index (χ4v) is 14.6. The van der Waals surface area contributed by atoms with Crippen LogP contribution >= 0.6 is 0 Å². The number of carbonyl (C=O) groups is 3. The van der Waals surface area contributed by atoms with Crippen LogP contribution in [0.15, 0.2) is 11.6 Å². The maximum atomic E-state index is 15.0. The van der Waals surface area contributed by atoms with Gasteiger partial charge in [-0.05, 0) is 110 Å². The molecule has 66 heavy (non-hydrogen) atoms. The van der Waals surface area contributed by atoms with E-state index in [1.807, 2.05) is 19.9 Å². The predicted octanol–water partition coefficient (Wildman–Crippen LogP) is 0.615. The van der Waals surface area contributed by atoms with Crippen LogP contribution in [0.1, 0.15) is 107 Å².